The van der Waals surface area contributed by atoms with Crippen molar-refractivity contribution in [2.75, 3.05) is 32.6 Å². The average Bonchev–Trinajstić information content (AvgIpc) is 3.16. The second-order valence-corrected chi connectivity index (χ2v) is 5.93. The minimum atomic E-state index is 0.00105. The van der Waals surface area contributed by atoms with Gasteiger partial charge in [0.25, 0.3) is 5.91 Å². The predicted octanol–water partition coefficient (Wildman–Crippen LogP) is 2.87. The lowest BCUT2D eigenvalue weighted by atomic mass is 10.1. The molecule has 1 fully saturated rings. The molecular weight excluding hydrogens is 318 g/mol. The predicted molar refractivity (Wildman–Crippen MR) is 96.0 cm³/mol. The largest absolute Gasteiger partial charge is 0.497 e. The van der Waals surface area contributed by atoms with Crippen LogP contribution in [0.5, 0.6) is 11.5 Å². The molecule has 2 aromatic rings. The summed E-state index contributed by atoms with van der Waals surface area (Å²) in [7, 11) is 3.46. The molecule has 6 heteroatoms. The van der Waals surface area contributed by atoms with Crippen LogP contribution >= 0.6 is 0 Å². The number of benzene rings is 1. The van der Waals surface area contributed by atoms with Crippen molar-refractivity contribution in [3.05, 3.63) is 48.2 Å². The number of nitrogens with zero attached hydrogens (tertiary/aromatic N) is 2. The van der Waals surface area contributed by atoms with Crippen LogP contribution in [0.2, 0.25) is 0 Å². The van der Waals surface area contributed by atoms with Gasteiger partial charge in [0.1, 0.15) is 17.3 Å². The van der Waals surface area contributed by atoms with Gasteiger partial charge in [-0.1, -0.05) is 0 Å². The van der Waals surface area contributed by atoms with Crippen LogP contribution in [-0.2, 0) is 4.79 Å². The van der Waals surface area contributed by atoms with Gasteiger partial charge < -0.3 is 19.7 Å². The van der Waals surface area contributed by atoms with E-state index in [9.17, 15) is 4.79 Å². The molecule has 1 amide bonds. The normalized spacial score (nSPS) is 16.6. The lowest BCUT2D eigenvalue weighted by Crippen LogP contribution is -2.34. The molecule has 0 aliphatic carbocycles. The maximum atomic E-state index is 12.6. The van der Waals surface area contributed by atoms with E-state index < -0.39 is 0 Å². The Morgan fingerprint density at radius 1 is 1.28 bits per heavy atom. The Bertz CT molecular complexity index is 718. The van der Waals surface area contributed by atoms with Crippen LogP contribution in [0.4, 0.5) is 5.82 Å². The molecule has 3 rings (SSSR count). The highest BCUT2D eigenvalue weighted by Gasteiger charge is 2.30. The number of pyridine rings is 1. The molecule has 1 aromatic carbocycles. The van der Waals surface area contributed by atoms with Crippen LogP contribution < -0.4 is 14.8 Å². The van der Waals surface area contributed by atoms with Crippen LogP contribution in [0.1, 0.15) is 24.4 Å². The van der Waals surface area contributed by atoms with Crippen molar-refractivity contribution in [2.45, 2.75) is 18.9 Å². The minimum Gasteiger partial charge on any atom is -0.497 e. The number of rotatable bonds is 6. The van der Waals surface area contributed by atoms with E-state index in [2.05, 4.69) is 10.3 Å². The maximum Gasteiger partial charge on any atom is 0.261 e. The molecule has 0 bridgehead atoms. The van der Waals surface area contributed by atoms with Crippen LogP contribution in [0.25, 0.3) is 0 Å². The smallest absolute Gasteiger partial charge is 0.261 e. The van der Waals surface area contributed by atoms with Gasteiger partial charge in [0.05, 0.1) is 13.2 Å². The van der Waals surface area contributed by atoms with Gasteiger partial charge in [-0.25, -0.2) is 4.98 Å². The van der Waals surface area contributed by atoms with Gasteiger partial charge >= 0.3 is 0 Å². The van der Waals surface area contributed by atoms with E-state index >= 15 is 0 Å². The van der Waals surface area contributed by atoms with E-state index in [-0.39, 0.29) is 18.6 Å². The topological polar surface area (TPSA) is 63.7 Å². The maximum absolute atomic E-state index is 12.6. The standard InChI is InChI=1S/C19H23N3O3/c1-20-18-12-14(9-10-21-18)17-4-3-11-22(17)19(23)13-25-16-7-5-15(24-2)6-8-16/h5-10,12,17H,3-4,11,13H2,1-2H3,(H,20,21)/t17-/m1/s1. The SMILES string of the molecule is CNc1cc([C@H]2CCCN2C(=O)COc2ccc(OC)cc2)ccn1. The minimum absolute atomic E-state index is 0.00105. The lowest BCUT2D eigenvalue weighted by molar-refractivity contribution is -0.134. The lowest BCUT2D eigenvalue weighted by Gasteiger charge is -2.25. The van der Waals surface area contributed by atoms with Crippen LogP contribution in [0, 0.1) is 0 Å². The summed E-state index contributed by atoms with van der Waals surface area (Å²) < 4.78 is 10.8. The van der Waals surface area contributed by atoms with E-state index in [1.165, 1.54) is 0 Å². The molecule has 1 atom stereocenters. The number of hydrogen-bond donors (Lipinski definition) is 1. The van der Waals surface area contributed by atoms with Crippen molar-refractivity contribution in [2.24, 2.45) is 0 Å². The Morgan fingerprint density at radius 2 is 2.04 bits per heavy atom. The fraction of sp³-hybridized carbons (Fsp3) is 0.368. The molecule has 25 heavy (non-hydrogen) atoms. The fourth-order valence-corrected chi connectivity index (χ4v) is 3.10. The van der Waals surface area contributed by atoms with Crippen molar-refractivity contribution in [3.63, 3.8) is 0 Å². The van der Waals surface area contributed by atoms with Gasteiger partial charge in [0.15, 0.2) is 6.61 Å². The highest BCUT2D eigenvalue weighted by Crippen LogP contribution is 2.32. The molecule has 0 radical (unpaired) electrons. The van der Waals surface area contributed by atoms with Crippen LogP contribution in [0.15, 0.2) is 42.6 Å². The molecule has 1 aliphatic heterocycles. The highest BCUT2D eigenvalue weighted by atomic mass is 16.5. The molecule has 2 heterocycles. The molecule has 0 unspecified atom stereocenters. The Balaban J connectivity index is 1.63. The third-order valence-corrected chi connectivity index (χ3v) is 4.42. The third-order valence-electron chi connectivity index (χ3n) is 4.42. The summed E-state index contributed by atoms with van der Waals surface area (Å²) in [5.41, 5.74) is 1.11. The average molecular weight is 341 g/mol. The molecule has 0 saturated carbocycles. The number of carbonyl (C=O) groups excluding carboxylic acids is 1. The number of anilines is 1. The van der Waals surface area contributed by atoms with Gasteiger partial charge in [0, 0.05) is 19.8 Å². The summed E-state index contributed by atoms with van der Waals surface area (Å²) in [5.74, 6) is 2.23. The van der Waals surface area contributed by atoms with Gasteiger partial charge in [-0.05, 0) is 54.8 Å². The zero-order valence-electron chi connectivity index (χ0n) is 14.6. The van der Waals surface area contributed by atoms with Gasteiger partial charge in [-0.15, -0.1) is 0 Å². The van der Waals surface area contributed by atoms with Crippen LogP contribution in [0.3, 0.4) is 0 Å². The zero-order chi connectivity index (χ0) is 17.6. The highest BCUT2D eigenvalue weighted by molar-refractivity contribution is 5.78. The van der Waals surface area contributed by atoms with Crippen molar-refractivity contribution in [1.29, 1.82) is 0 Å². The molecule has 1 aromatic heterocycles. The first-order chi connectivity index (χ1) is 12.2. The Kier molecular flexibility index (Phi) is 5.38. The first-order valence-corrected chi connectivity index (χ1v) is 8.41. The van der Waals surface area contributed by atoms with E-state index in [1.54, 1.807) is 25.4 Å². The van der Waals surface area contributed by atoms with Crippen molar-refractivity contribution >= 4 is 11.7 Å². The van der Waals surface area contributed by atoms with Crippen molar-refractivity contribution < 1.29 is 14.3 Å². The number of methoxy groups -OCH3 is 1. The summed E-state index contributed by atoms with van der Waals surface area (Å²) in [5, 5.41) is 3.04. The van der Waals surface area contributed by atoms with Gasteiger partial charge in [0.2, 0.25) is 0 Å². The summed E-state index contributed by atoms with van der Waals surface area (Å²) in [6.07, 6.45) is 3.73. The molecule has 1 saturated heterocycles. The van der Waals surface area contributed by atoms with Gasteiger partial charge in [-0.2, -0.15) is 0 Å². The molecule has 6 nitrogen and oxygen atoms in total. The molecule has 1 aliphatic rings. The quantitative estimate of drug-likeness (QED) is 0.875. The van der Waals surface area contributed by atoms with E-state index in [0.29, 0.717) is 5.75 Å². The first kappa shape index (κ1) is 17.1. The number of ether oxygens (including phenoxy) is 2. The number of likely N-dealkylation sites (tertiary alicyclic amines) is 1. The van der Waals surface area contributed by atoms with Crippen molar-refractivity contribution in [1.82, 2.24) is 9.88 Å². The summed E-state index contributed by atoms with van der Waals surface area (Å²) in [6.45, 7) is 0.791. The molecule has 1 N–H and O–H groups in total. The molecule has 132 valence electrons. The molecular formula is C19H23N3O3. The second-order valence-electron chi connectivity index (χ2n) is 5.93. The Hall–Kier alpha value is -2.76. The van der Waals surface area contributed by atoms with E-state index in [4.69, 9.17) is 9.47 Å². The van der Waals surface area contributed by atoms with Crippen molar-refractivity contribution in [3.8, 4) is 11.5 Å². The Morgan fingerprint density at radius 3 is 2.76 bits per heavy atom. The Labute approximate surface area is 147 Å². The number of carbonyl (C=O) groups is 1. The third kappa shape index (κ3) is 4.02. The monoisotopic (exact) mass is 341 g/mol. The van der Waals surface area contributed by atoms with Crippen LogP contribution in [-0.4, -0.2) is 43.1 Å². The van der Waals surface area contributed by atoms with Gasteiger partial charge in [-0.3, -0.25) is 4.79 Å². The first-order valence-electron chi connectivity index (χ1n) is 8.41. The number of hydrogen-bond acceptors (Lipinski definition) is 5. The summed E-state index contributed by atoms with van der Waals surface area (Å²) >= 11 is 0. The second kappa shape index (κ2) is 7.88. The van der Waals surface area contributed by atoms with E-state index in [1.807, 2.05) is 36.2 Å². The number of aromatic nitrogens is 1. The number of amides is 1. The summed E-state index contributed by atoms with van der Waals surface area (Å²) in [6, 6.07) is 11.3. The summed E-state index contributed by atoms with van der Waals surface area (Å²) in [4.78, 5) is 18.8. The fourth-order valence-electron chi connectivity index (χ4n) is 3.10. The zero-order valence-corrected chi connectivity index (χ0v) is 14.6. The van der Waals surface area contributed by atoms with E-state index in [0.717, 1.165) is 36.5 Å². The number of nitrogens with one attached hydrogen (secondary N) is 1. The molecule has 0 spiro atoms.